The number of rotatable bonds is 8. The van der Waals surface area contributed by atoms with Crippen LogP contribution in [0.2, 0.25) is 10.0 Å². The monoisotopic (exact) mass is 562 g/mol. The van der Waals surface area contributed by atoms with Crippen LogP contribution in [0.4, 0.5) is 4.39 Å². The van der Waals surface area contributed by atoms with Gasteiger partial charge in [0.1, 0.15) is 23.7 Å². The molecular formula is C27H34Cl2FKN2O3. The summed E-state index contributed by atoms with van der Waals surface area (Å²) in [6.07, 6.45) is 4.49. The predicted octanol–water partition coefficient (Wildman–Crippen LogP) is 2.81. The van der Waals surface area contributed by atoms with E-state index in [2.05, 4.69) is 9.80 Å². The number of likely N-dealkylation sites (tertiary alicyclic amines) is 2. The van der Waals surface area contributed by atoms with E-state index in [9.17, 15) is 14.3 Å². The summed E-state index contributed by atoms with van der Waals surface area (Å²) in [6, 6.07) is 9.23. The van der Waals surface area contributed by atoms with Crippen molar-refractivity contribution < 1.29 is 71.8 Å². The van der Waals surface area contributed by atoms with Crippen LogP contribution in [0.3, 0.4) is 0 Å². The molecule has 4 rings (SSSR count). The minimum atomic E-state index is -0.813. The number of aliphatic carboxylic acids is 1. The summed E-state index contributed by atoms with van der Waals surface area (Å²) in [5.74, 6) is 0.258. The fourth-order valence-corrected chi connectivity index (χ4v) is 5.54. The Balaban J connectivity index is 0.00000241. The number of carboxylic acids is 1. The van der Waals surface area contributed by atoms with E-state index >= 15 is 0 Å². The molecule has 36 heavy (non-hydrogen) atoms. The quantitative estimate of drug-likeness (QED) is 0.501. The van der Waals surface area contributed by atoms with Crippen molar-refractivity contribution >= 4 is 29.2 Å². The molecule has 2 aromatic rings. The molecule has 192 valence electrons. The van der Waals surface area contributed by atoms with Crippen molar-refractivity contribution in [1.82, 2.24) is 9.80 Å². The molecule has 1 N–H and O–H groups in total. The Hall–Kier alpha value is -0.224. The van der Waals surface area contributed by atoms with Gasteiger partial charge in [-0.25, -0.2) is 4.39 Å². The molecule has 2 saturated heterocycles. The van der Waals surface area contributed by atoms with Gasteiger partial charge in [0.2, 0.25) is 0 Å². The maximum Gasteiger partial charge on any atom is 1.00 e. The first-order valence-corrected chi connectivity index (χ1v) is 13.1. The van der Waals surface area contributed by atoms with Crippen molar-refractivity contribution in [2.45, 2.75) is 51.2 Å². The molecule has 5 nitrogen and oxygen atoms in total. The first-order chi connectivity index (χ1) is 16.8. The van der Waals surface area contributed by atoms with E-state index in [1.807, 2.05) is 13.0 Å². The second-order valence-electron chi connectivity index (χ2n) is 9.77. The molecule has 0 radical (unpaired) electrons. The zero-order valence-electron chi connectivity index (χ0n) is 22.1. The molecular weight excluding hydrogens is 529 g/mol. The van der Waals surface area contributed by atoms with E-state index in [0.29, 0.717) is 22.4 Å². The number of nitrogens with zero attached hydrogens (tertiary/aromatic N) is 2. The Labute approximate surface area is 267 Å². The van der Waals surface area contributed by atoms with E-state index in [0.717, 1.165) is 75.3 Å². The van der Waals surface area contributed by atoms with Gasteiger partial charge in [0.05, 0.1) is 10.0 Å². The summed E-state index contributed by atoms with van der Waals surface area (Å²) >= 11 is 12.3. The number of piperidine rings is 2. The predicted molar refractivity (Wildman–Crippen MR) is 138 cm³/mol. The molecule has 2 heterocycles. The zero-order chi connectivity index (χ0) is 24.9. The Morgan fingerprint density at radius 1 is 1.08 bits per heavy atom. The number of hydrogen-bond acceptors (Lipinski definition) is 4. The molecule has 0 unspecified atom stereocenters. The van der Waals surface area contributed by atoms with Crippen LogP contribution >= 0.6 is 23.2 Å². The Bertz CT molecular complexity index is 1020. The molecule has 0 saturated carbocycles. The fraction of sp³-hybridized carbons (Fsp3) is 0.519. The first-order valence-electron chi connectivity index (χ1n) is 12.3. The van der Waals surface area contributed by atoms with E-state index < -0.39 is 12.0 Å². The normalized spacial score (nSPS) is 19.0. The minimum absolute atomic E-state index is 0. The van der Waals surface area contributed by atoms with Gasteiger partial charge in [-0.05, 0) is 87.9 Å². The molecule has 2 aliphatic rings. The summed E-state index contributed by atoms with van der Waals surface area (Å²) < 4.78 is 19.4. The van der Waals surface area contributed by atoms with Gasteiger partial charge in [0.25, 0.3) is 0 Å². The van der Waals surface area contributed by atoms with Crippen molar-refractivity contribution in [2.24, 2.45) is 5.92 Å². The van der Waals surface area contributed by atoms with Crippen molar-refractivity contribution in [2.75, 3.05) is 32.7 Å². The van der Waals surface area contributed by atoms with Gasteiger partial charge in [0, 0.05) is 25.2 Å². The number of carboxylic acid groups (broad SMARTS) is 1. The molecule has 1 atom stereocenters. The van der Waals surface area contributed by atoms with Crippen LogP contribution in [0, 0.1) is 18.7 Å². The van der Waals surface area contributed by atoms with Gasteiger partial charge in [-0.2, -0.15) is 0 Å². The van der Waals surface area contributed by atoms with Gasteiger partial charge < -0.3 is 16.2 Å². The van der Waals surface area contributed by atoms with Crippen LogP contribution in [0.5, 0.6) is 5.75 Å². The van der Waals surface area contributed by atoms with E-state index in [4.69, 9.17) is 27.9 Å². The van der Waals surface area contributed by atoms with Gasteiger partial charge in [0.15, 0.2) is 0 Å². The van der Waals surface area contributed by atoms with Gasteiger partial charge in [-0.1, -0.05) is 35.3 Å². The van der Waals surface area contributed by atoms with Crippen molar-refractivity contribution in [1.29, 1.82) is 0 Å². The second-order valence-corrected chi connectivity index (χ2v) is 10.6. The fourth-order valence-electron chi connectivity index (χ4n) is 5.18. The largest absolute Gasteiger partial charge is 1.00 e. The van der Waals surface area contributed by atoms with Crippen LogP contribution < -0.4 is 56.1 Å². The number of carbonyl (C=O) groups is 1. The van der Waals surface area contributed by atoms with E-state index in [1.54, 1.807) is 18.2 Å². The van der Waals surface area contributed by atoms with E-state index in [-0.39, 0.29) is 64.7 Å². The molecule has 2 fully saturated rings. The minimum Gasteiger partial charge on any atom is -1.00 e. The third-order valence-electron chi connectivity index (χ3n) is 7.35. The molecule has 2 aromatic carbocycles. The summed E-state index contributed by atoms with van der Waals surface area (Å²) in [7, 11) is 0. The number of benzene rings is 2. The van der Waals surface area contributed by atoms with Gasteiger partial charge in [-0.3, -0.25) is 9.69 Å². The third-order valence-corrected chi connectivity index (χ3v) is 8.25. The Kier molecular flexibility index (Phi) is 12.0. The first kappa shape index (κ1) is 30.3. The average Bonchev–Trinajstić information content (AvgIpc) is 2.85. The summed E-state index contributed by atoms with van der Waals surface area (Å²) in [6.45, 7) is 6.51. The van der Waals surface area contributed by atoms with Crippen LogP contribution in [-0.2, 0) is 11.2 Å². The molecule has 0 amide bonds. The molecule has 0 aliphatic carbocycles. The second kappa shape index (κ2) is 14.2. The topological polar surface area (TPSA) is 53.0 Å². The third kappa shape index (κ3) is 8.14. The summed E-state index contributed by atoms with van der Waals surface area (Å²) in [5, 5.41) is 10.9. The zero-order valence-corrected chi connectivity index (χ0v) is 25.7. The molecule has 2 aliphatic heterocycles. The molecule has 0 spiro atoms. The molecule has 0 aromatic heterocycles. The van der Waals surface area contributed by atoms with Crippen LogP contribution in [0.25, 0.3) is 0 Å². The Morgan fingerprint density at radius 2 is 1.72 bits per heavy atom. The van der Waals surface area contributed by atoms with Gasteiger partial charge >= 0.3 is 57.4 Å². The number of ether oxygens (including phenoxy) is 1. The van der Waals surface area contributed by atoms with Crippen molar-refractivity contribution in [3.8, 4) is 5.75 Å². The maximum absolute atomic E-state index is 13.2. The molecule has 9 heteroatoms. The van der Waals surface area contributed by atoms with E-state index in [1.165, 1.54) is 12.1 Å². The van der Waals surface area contributed by atoms with Crippen molar-refractivity contribution in [3.05, 3.63) is 63.4 Å². The number of hydrogen-bond donors (Lipinski definition) is 1. The number of halogens is 3. The average molecular weight is 564 g/mol. The van der Waals surface area contributed by atoms with Crippen LogP contribution in [0.1, 0.15) is 38.2 Å². The van der Waals surface area contributed by atoms with Crippen molar-refractivity contribution in [3.63, 3.8) is 0 Å². The smallest absolute Gasteiger partial charge is 1.00 e. The summed E-state index contributed by atoms with van der Waals surface area (Å²) in [4.78, 5) is 16.5. The Morgan fingerprint density at radius 3 is 2.33 bits per heavy atom. The van der Waals surface area contributed by atoms with Crippen LogP contribution in [-0.4, -0.2) is 65.7 Å². The van der Waals surface area contributed by atoms with Gasteiger partial charge in [-0.15, -0.1) is 0 Å². The van der Waals surface area contributed by atoms with Crippen LogP contribution in [0.15, 0.2) is 36.4 Å². The molecule has 0 bridgehead atoms. The standard InChI is InChI=1S/C27H33Cl2FN2O3.K.H/c1-18-25(7-6-23(28)26(18)29)35-22-10-12-31(13-11-22)17-20-8-14-32(15-9-20)24(27(33)34)16-19-2-4-21(30)5-3-19;;/h2-7,20,22,24H,8-17H2,1H3,(H,33,34);;/q;+1;-1/t24-;;/m0../s1. The SMILES string of the molecule is Cc1c(OC2CCN(CC3CCN([C@@H](Cc4ccc(F)cc4)C(=O)O)CC3)CC2)ccc(Cl)c1Cl.[H-].[K+]. The maximum atomic E-state index is 13.2. The summed E-state index contributed by atoms with van der Waals surface area (Å²) in [5.41, 5.74) is 1.73.